The van der Waals surface area contributed by atoms with Crippen molar-refractivity contribution in [3.8, 4) is 22.6 Å². The normalized spacial score (nSPS) is 10.6. The fourth-order valence-corrected chi connectivity index (χ4v) is 2.99. The molecular formula is C23H18N2O5. The molecule has 0 aliphatic carbocycles. The fraction of sp³-hybridized carbons (Fsp3) is 0.0870. The number of nitrogens with zero attached hydrogens (tertiary/aromatic N) is 1. The summed E-state index contributed by atoms with van der Waals surface area (Å²) in [4.78, 5) is 28.3. The Morgan fingerprint density at radius 1 is 1.07 bits per heavy atom. The molecule has 0 aliphatic rings. The number of carbonyl (C=O) groups excluding carboxylic acids is 1. The Bertz CT molecular complexity index is 1230. The number of aromatic nitrogens is 1. The van der Waals surface area contributed by atoms with Crippen LogP contribution in [0, 0.1) is 0 Å². The average molecular weight is 402 g/mol. The molecule has 2 aromatic heterocycles. The predicted molar refractivity (Wildman–Crippen MR) is 113 cm³/mol. The van der Waals surface area contributed by atoms with Crippen molar-refractivity contribution in [2.75, 3.05) is 19.0 Å². The van der Waals surface area contributed by atoms with E-state index in [0.29, 0.717) is 33.9 Å². The molecule has 4 aromatic rings. The van der Waals surface area contributed by atoms with Gasteiger partial charge in [-0.3, -0.25) is 9.78 Å². The van der Waals surface area contributed by atoms with Gasteiger partial charge < -0.3 is 19.2 Å². The van der Waals surface area contributed by atoms with E-state index >= 15 is 0 Å². The zero-order valence-corrected chi connectivity index (χ0v) is 16.1. The highest BCUT2D eigenvalue weighted by Gasteiger charge is 2.11. The van der Waals surface area contributed by atoms with Crippen molar-refractivity contribution in [2.45, 2.75) is 0 Å². The summed E-state index contributed by atoms with van der Waals surface area (Å²) in [7, 11) is 1.53. The van der Waals surface area contributed by atoms with Crippen molar-refractivity contribution >= 4 is 22.6 Å². The van der Waals surface area contributed by atoms with Crippen LogP contribution in [-0.4, -0.2) is 24.6 Å². The maximum Gasteiger partial charge on any atom is 0.344 e. The highest BCUT2D eigenvalue weighted by molar-refractivity contribution is 5.91. The van der Waals surface area contributed by atoms with E-state index in [0.717, 1.165) is 5.39 Å². The van der Waals surface area contributed by atoms with Gasteiger partial charge in [0.15, 0.2) is 17.9 Å². The van der Waals surface area contributed by atoms with E-state index in [2.05, 4.69) is 10.3 Å². The second-order valence-electron chi connectivity index (χ2n) is 6.42. The maximum atomic E-state index is 12.5. The van der Waals surface area contributed by atoms with Gasteiger partial charge in [-0.1, -0.05) is 24.3 Å². The van der Waals surface area contributed by atoms with Crippen LogP contribution >= 0.6 is 0 Å². The number of hydrogen-bond acceptors (Lipinski definition) is 6. The average Bonchev–Trinajstić information content (AvgIpc) is 2.78. The Labute approximate surface area is 171 Å². The second-order valence-corrected chi connectivity index (χ2v) is 6.42. The first kappa shape index (κ1) is 19.2. The van der Waals surface area contributed by atoms with E-state index in [1.54, 1.807) is 60.9 Å². The highest BCUT2D eigenvalue weighted by atomic mass is 16.5. The molecule has 0 bridgehead atoms. The Hall–Kier alpha value is -4.13. The Balaban J connectivity index is 1.48. The molecule has 4 rings (SSSR count). The summed E-state index contributed by atoms with van der Waals surface area (Å²) in [5.74, 6) is 0.731. The molecule has 0 atom stereocenters. The third-order valence-electron chi connectivity index (χ3n) is 4.44. The van der Waals surface area contributed by atoms with Gasteiger partial charge in [-0.2, -0.15) is 0 Å². The molecule has 0 saturated carbocycles. The number of nitrogens with one attached hydrogen (secondary N) is 1. The van der Waals surface area contributed by atoms with Crippen LogP contribution in [0.4, 0.5) is 5.69 Å². The quantitative estimate of drug-likeness (QED) is 0.492. The van der Waals surface area contributed by atoms with Gasteiger partial charge in [0.25, 0.3) is 5.91 Å². The summed E-state index contributed by atoms with van der Waals surface area (Å²) in [6, 6.07) is 17.5. The standard InChI is InChI=1S/C23H18N2O5/c1-28-20-4-2-3-16-13-19(23(27)30-22(16)20)15-5-7-18(8-6-15)29-14-21(26)25-17-9-11-24-12-10-17/h2-13H,14H2,1H3,(H,24,25,26). The van der Waals surface area contributed by atoms with E-state index in [-0.39, 0.29) is 12.5 Å². The van der Waals surface area contributed by atoms with Crippen molar-refractivity contribution in [1.29, 1.82) is 0 Å². The van der Waals surface area contributed by atoms with Crippen LogP contribution in [0.5, 0.6) is 11.5 Å². The highest BCUT2D eigenvalue weighted by Crippen LogP contribution is 2.28. The second kappa shape index (κ2) is 8.48. The summed E-state index contributed by atoms with van der Waals surface area (Å²) in [5.41, 5.74) is 1.71. The van der Waals surface area contributed by atoms with Crippen LogP contribution in [0.2, 0.25) is 0 Å². The number of fused-ring (bicyclic) bond motifs is 1. The number of amides is 1. The van der Waals surface area contributed by atoms with Crippen molar-refractivity contribution < 1.29 is 18.7 Å². The number of methoxy groups -OCH3 is 1. The number of pyridine rings is 1. The van der Waals surface area contributed by atoms with Gasteiger partial charge in [-0.15, -0.1) is 0 Å². The smallest absolute Gasteiger partial charge is 0.344 e. The van der Waals surface area contributed by atoms with Crippen molar-refractivity contribution in [3.05, 3.63) is 83.5 Å². The first-order valence-corrected chi connectivity index (χ1v) is 9.18. The van der Waals surface area contributed by atoms with Gasteiger partial charge in [0.1, 0.15) is 5.75 Å². The topological polar surface area (TPSA) is 90.7 Å². The minimum absolute atomic E-state index is 0.139. The molecular weight excluding hydrogens is 384 g/mol. The van der Waals surface area contributed by atoms with Crippen molar-refractivity contribution in [3.63, 3.8) is 0 Å². The number of hydrogen-bond donors (Lipinski definition) is 1. The monoisotopic (exact) mass is 402 g/mol. The van der Waals surface area contributed by atoms with Crippen molar-refractivity contribution in [2.24, 2.45) is 0 Å². The molecule has 0 radical (unpaired) electrons. The number of anilines is 1. The molecule has 1 amide bonds. The van der Waals surface area contributed by atoms with Gasteiger partial charge in [-0.25, -0.2) is 4.79 Å². The van der Waals surface area contributed by atoms with E-state index in [1.807, 2.05) is 12.1 Å². The van der Waals surface area contributed by atoms with Gasteiger partial charge in [-0.05, 0) is 42.0 Å². The van der Waals surface area contributed by atoms with E-state index in [1.165, 1.54) is 7.11 Å². The summed E-state index contributed by atoms with van der Waals surface area (Å²) < 4.78 is 16.2. The van der Waals surface area contributed by atoms with Crippen LogP contribution in [0.1, 0.15) is 0 Å². The molecule has 0 spiro atoms. The van der Waals surface area contributed by atoms with Gasteiger partial charge in [0, 0.05) is 23.5 Å². The zero-order valence-electron chi connectivity index (χ0n) is 16.1. The molecule has 2 aromatic carbocycles. The number of benzene rings is 2. The molecule has 0 saturated heterocycles. The van der Waals surface area contributed by atoms with Crippen LogP contribution < -0.4 is 20.4 Å². The molecule has 150 valence electrons. The number of ether oxygens (including phenoxy) is 2. The van der Waals surface area contributed by atoms with Crippen LogP contribution in [0.15, 0.2) is 82.3 Å². The minimum atomic E-state index is -0.461. The third-order valence-corrected chi connectivity index (χ3v) is 4.44. The van der Waals surface area contributed by atoms with Crippen LogP contribution in [-0.2, 0) is 4.79 Å². The molecule has 0 unspecified atom stereocenters. The summed E-state index contributed by atoms with van der Waals surface area (Å²) >= 11 is 0. The molecule has 0 aliphatic heterocycles. The molecule has 7 heteroatoms. The first-order valence-electron chi connectivity index (χ1n) is 9.18. The lowest BCUT2D eigenvalue weighted by Gasteiger charge is -2.09. The van der Waals surface area contributed by atoms with E-state index < -0.39 is 5.63 Å². The predicted octanol–water partition coefficient (Wildman–Crippen LogP) is 3.88. The Morgan fingerprint density at radius 3 is 2.57 bits per heavy atom. The number of para-hydroxylation sites is 1. The SMILES string of the molecule is COc1cccc2cc(-c3ccc(OCC(=O)Nc4ccncc4)cc3)c(=O)oc12. The molecule has 30 heavy (non-hydrogen) atoms. The van der Waals surface area contributed by atoms with E-state index in [4.69, 9.17) is 13.9 Å². The third kappa shape index (κ3) is 4.15. The fourth-order valence-electron chi connectivity index (χ4n) is 2.99. The van der Waals surface area contributed by atoms with Gasteiger partial charge >= 0.3 is 5.63 Å². The summed E-state index contributed by atoms with van der Waals surface area (Å²) in [6.07, 6.45) is 3.18. The Morgan fingerprint density at radius 2 is 1.83 bits per heavy atom. The lowest BCUT2D eigenvalue weighted by Crippen LogP contribution is -2.20. The number of carbonyl (C=O) groups is 1. The Kier molecular flexibility index (Phi) is 5.43. The largest absolute Gasteiger partial charge is 0.493 e. The van der Waals surface area contributed by atoms with Crippen molar-refractivity contribution in [1.82, 2.24) is 4.98 Å². The molecule has 1 N–H and O–H groups in total. The number of rotatable bonds is 6. The maximum absolute atomic E-state index is 12.5. The minimum Gasteiger partial charge on any atom is -0.493 e. The van der Waals surface area contributed by atoms with E-state index in [9.17, 15) is 9.59 Å². The van der Waals surface area contributed by atoms with Crippen LogP contribution in [0.3, 0.4) is 0 Å². The van der Waals surface area contributed by atoms with Gasteiger partial charge in [0.05, 0.1) is 12.7 Å². The molecule has 7 nitrogen and oxygen atoms in total. The molecule has 0 fully saturated rings. The lowest BCUT2D eigenvalue weighted by molar-refractivity contribution is -0.118. The first-order chi connectivity index (χ1) is 14.6. The summed E-state index contributed by atoms with van der Waals surface area (Å²) in [6.45, 7) is -0.139. The van der Waals surface area contributed by atoms with Crippen LogP contribution in [0.25, 0.3) is 22.1 Å². The summed E-state index contributed by atoms with van der Waals surface area (Å²) in [5, 5.41) is 3.48. The zero-order chi connectivity index (χ0) is 20.9. The molecule has 2 heterocycles. The van der Waals surface area contributed by atoms with Gasteiger partial charge in [0.2, 0.25) is 0 Å². The lowest BCUT2D eigenvalue weighted by atomic mass is 10.1.